The first-order valence-corrected chi connectivity index (χ1v) is 7.52. The van der Waals surface area contributed by atoms with Gasteiger partial charge in [0.05, 0.1) is 4.88 Å². The van der Waals surface area contributed by atoms with Gasteiger partial charge in [0.2, 0.25) is 0 Å². The molecule has 4 nitrogen and oxygen atoms in total. The minimum atomic E-state index is -0.968. The Bertz CT molecular complexity index is 715. The van der Waals surface area contributed by atoms with Crippen LogP contribution in [0.15, 0.2) is 30.3 Å². The lowest BCUT2D eigenvalue weighted by atomic mass is 10.1. The Morgan fingerprint density at radius 2 is 2.00 bits per heavy atom. The summed E-state index contributed by atoms with van der Waals surface area (Å²) in [5.41, 5.74) is 2.67. The standard InChI is InChI=1S/C16H15NO3S/c1-9-7-14(21-10(9)2)15(18)17-12-6-4-3-5-11(12)8-13(17)16(19)20/h3-7,13H,8H2,1-2H3,(H,19,20)/t13-/m0/s1. The number of carbonyl (C=O) groups excluding carboxylic acids is 1. The number of nitrogens with zero attached hydrogens (tertiary/aromatic N) is 1. The van der Waals surface area contributed by atoms with Gasteiger partial charge in [-0.2, -0.15) is 0 Å². The Kier molecular flexibility index (Phi) is 3.29. The van der Waals surface area contributed by atoms with Crippen molar-refractivity contribution in [1.29, 1.82) is 0 Å². The van der Waals surface area contributed by atoms with E-state index in [0.29, 0.717) is 17.0 Å². The fourth-order valence-corrected chi connectivity index (χ4v) is 3.60. The number of hydrogen-bond acceptors (Lipinski definition) is 3. The number of rotatable bonds is 2. The molecule has 1 aromatic carbocycles. The number of carbonyl (C=O) groups is 2. The lowest BCUT2D eigenvalue weighted by molar-refractivity contribution is -0.138. The van der Waals surface area contributed by atoms with Gasteiger partial charge in [0.15, 0.2) is 0 Å². The van der Waals surface area contributed by atoms with Crippen LogP contribution in [0.2, 0.25) is 0 Å². The number of hydrogen-bond donors (Lipinski definition) is 1. The van der Waals surface area contributed by atoms with Gasteiger partial charge in [-0.15, -0.1) is 11.3 Å². The monoisotopic (exact) mass is 301 g/mol. The molecule has 2 aromatic rings. The van der Waals surface area contributed by atoms with E-state index in [-0.39, 0.29) is 5.91 Å². The molecular formula is C16H15NO3S. The molecule has 1 amide bonds. The third-order valence-electron chi connectivity index (χ3n) is 3.86. The number of para-hydroxylation sites is 1. The maximum atomic E-state index is 12.8. The van der Waals surface area contributed by atoms with Crippen LogP contribution in [-0.2, 0) is 11.2 Å². The van der Waals surface area contributed by atoms with Crippen LogP contribution in [0, 0.1) is 13.8 Å². The molecule has 0 bridgehead atoms. The van der Waals surface area contributed by atoms with Crippen LogP contribution in [0.5, 0.6) is 0 Å². The van der Waals surface area contributed by atoms with Crippen LogP contribution in [0.1, 0.15) is 25.7 Å². The van der Waals surface area contributed by atoms with Crippen molar-refractivity contribution in [2.24, 2.45) is 0 Å². The molecule has 0 saturated carbocycles. The minimum absolute atomic E-state index is 0.228. The van der Waals surface area contributed by atoms with E-state index in [2.05, 4.69) is 0 Å². The van der Waals surface area contributed by atoms with Crippen molar-refractivity contribution in [1.82, 2.24) is 0 Å². The average molecular weight is 301 g/mol. The molecule has 0 aliphatic carbocycles. The summed E-state index contributed by atoms with van der Waals surface area (Å²) in [5, 5.41) is 9.42. The van der Waals surface area contributed by atoms with E-state index in [1.54, 1.807) is 0 Å². The van der Waals surface area contributed by atoms with E-state index >= 15 is 0 Å². The summed E-state index contributed by atoms with van der Waals surface area (Å²) in [6, 6.07) is 8.40. The quantitative estimate of drug-likeness (QED) is 0.927. The van der Waals surface area contributed by atoms with Gasteiger partial charge in [0, 0.05) is 17.0 Å². The molecule has 0 spiro atoms. The van der Waals surface area contributed by atoms with Gasteiger partial charge >= 0.3 is 5.97 Å². The molecular weight excluding hydrogens is 286 g/mol. The Balaban J connectivity index is 2.05. The van der Waals surface area contributed by atoms with Crippen LogP contribution in [0.3, 0.4) is 0 Å². The summed E-state index contributed by atoms with van der Waals surface area (Å²) < 4.78 is 0. The van der Waals surface area contributed by atoms with Crippen LogP contribution in [0.25, 0.3) is 0 Å². The number of aryl methyl sites for hydroxylation is 2. The highest BCUT2D eigenvalue weighted by molar-refractivity contribution is 7.14. The summed E-state index contributed by atoms with van der Waals surface area (Å²) in [6.45, 7) is 3.92. The van der Waals surface area contributed by atoms with Crippen molar-refractivity contribution < 1.29 is 14.7 Å². The first-order chi connectivity index (χ1) is 9.99. The van der Waals surface area contributed by atoms with Crippen molar-refractivity contribution in [2.45, 2.75) is 26.3 Å². The van der Waals surface area contributed by atoms with E-state index in [9.17, 15) is 14.7 Å². The minimum Gasteiger partial charge on any atom is -0.480 e. The summed E-state index contributed by atoms with van der Waals surface area (Å²) in [4.78, 5) is 27.4. The molecule has 1 atom stereocenters. The van der Waals surface area contributed by atoms with E-state index in [4.69, 9.17) is 0 Å². The van der Waals surface area contributed by atoms with Crippen LogP contribution in [0.4, 0.5) is 5.69 Å². The predicted molar refractivity (Wildman–Crippen MR) is 82.2 cm³/mol. The second-order valence-corrected chi connectivity index (χ2v) is 6.47. The van der Waals surface area contributed by atoms with E-state index in [0.717, 1.165) is 16.0 Å². The molecule has 2 heterocycles. The zero-order valence-electron chi connectivity index (χ0n) is 11.8. The zero-order chi connectivity index (χ0) is 15.1. The van der Waals surface area contributed by atoms with Crippen molar-refractivity contribution in [3.63, 3.8) is 0 Å². The summed E-state index contributed by atoms with van der Waals surface area (Å²) in [5.74, 6) is -1.20. The van der Waals surface area contributed by atoms with Crippen molar-refractivity contribution in [3.8, 4) is 0 Å². The molecule has 1 aliphatic rings. The molecule has 0 saturated heterocycles. The largest absolute Gasteiger partial charge is 0.480 e. The van der Waals surface area contributed by atoms with Crippen LogP contribution < -0.4 is 4.90 Å². The number of amides is 1. The normalized spacial score (nSPS) is 16.9. The number of anilines is 1. The number of aliphatic carboxylic acids is 1. The Morgan fingerprint density at radius 3 is 2.62 bits per heavy atom. The molecule has 1 aromatic heterocycles. The predicted octanol–water partition coefficient (Wildman–Crippen LogP) is 3.02. The van der Waals surface area contributed by atoms with Gasteiger partial charge in [0.1, 0.15) is 6.04 Å². The maximum Gasteiger partial charge on any atom is 0.327 e. The molecule has 21 heavy (non-hydrogen) atoms. The highest BCUT2D eigenvalue weighted by Gasteiger charge is 2.39. The Morgan fingerprint density at radius 1 is 1.29 bits per heavy atom. The molecule has 3 rings (SSSR count). The number of benzene rings is 1. The van der Waals surface area contributed by atoms with Gasteiger partial charge in [-0.1, -0.05) is 18.2 Å². The van der Waals surface area contributed by atoms with Gasteiger partial charge in [-0.3, -0.25) is 9.69 Å². The van der Waals surface area contributed by atoms with E-state index in [1.165, 1.54) is 16.2 Å². The summed E-state index contributed by atoms with van der Waals surface area (Å²) >= 11 is 1.41. The van der Waals surface area contributed by atoms with Crippen molar-refractivity contribution >= 4 is 28.9 Å². The Labute approximate surface area is 126 Å². The van der Waals surface area contributed by atoms with Crippen LogP contribution >= 0.6 is 11.3 Å². The summed E-state index contributed by atoms with van der Waals surface area (Å²) in [7, 11) is 0. The fourth-order valence-electron chi connectivity index (χ4n) is 2.63. The molecule has 0 unspecified atom stereocenters. The second-order valence-electron chi connectivity index (χ2n) is 5.21. The third-order valence-corrected chi connectivity index (χ3v) is 5.00. The first-order valence-electron chi connectivity index (χ1n) is 6.70. The van der Waals surface area contributed by atoms with Gasteiger partial charge < -0.3 is 5.11 Å². The topological polar surface area (TPSA) is 57.6 Å². The Hall–Kier alpha value is -2.14. The average Bonchev–Trinajstić information content (AvgIpc) is 2.99. The molecule has 108 valence electrons. The zero-order valence-corrected chi connectivity index (χ0v) is 12.6. The number of fused-ring (bicyclic) bond motifs is 1. The number of carboxylic acid groups (broad SMARTS) is 1. The van der Waals surface area contributed by atoms with Crippen LogP contribution in [-0.4, -0.2) is 23.0 Å². The third kappa shape index (κ3) is 2.23. The number of thiophene rings is 1. The van der Waals surface area contributed by atoms with Crippen molar-refractivity contribution in [2.75, 3.05) is 4.90 Å². The first kappa shape index (κ1) is 13.8. The second kappa shape index (κ2) is 5.00. The lowest BCUT2D eigenvalue weighted by Crippen LogP contribution is -2.42. The van der Waals surface area contributed by atoms with Gasteiger partial charge in [-0.05, 0) is 37.1 Å². The van der Waals surface area contributed by atoms with Gasteiger partial charge in [0.25, 0.3) is 5.91 Å². The maximum absolute atomic E-state index is 12.8. The molecule has 5 heteroatoms. The fraction of sp³-hybridized carbons (Fsp3) is 0.250. The lowest BCUT2D eigenvalue weighted by Gasteiger charge is -2.21. The van der Waals surface area contributed by atoms with Gasteiger partial charge in [-0.25, -0.2) is 4.79 Å². The summed E-state index contributed by atoms with van der Waals surface area (Å²) in [6.07, 6.45) is 0.362. The highest BCUT2D eigenvalue weighted by Crippen LogP contribution is 2.34. The number of carboxylic acids is 1. The molecule has 1 aliphatic heterocycles. The highest BCUT2D eigenvalue weighted by atomic mass is 32.1. The molecule has 0 fully saturated rings. The SMILES string of the molecule is Cc1cc(C(=O)N2c3ccccc3C[C@H]2C(=O)O)sc1C. The molecule has 0 radical (unpaired) electrons. The smallest absolute Gasteiger partial charge is 0.327 e. The molecule has 1 N–H and O–H groups in total. The van der Waals surface area contributed by atoms with Crippen molar-refractivity contribution in [3.05, 3.63) is 51.2 Å². The van der Waals surface area contributed by atoms with E-state index in [1.807, 2.05) is 44.2 Å². The van der Waals surface area contributed by atoms with E-state index < -0.39 is 12.0 Å².